The van der Waals surface area contributed by atoms with E-state index in [-0.39, 0.29) is 0 Å². The van der Waals surface area contributed by atoms with Gasteiger partial charge in [-0.1, -0.05) is 32.4 Å². The summed E-state index contributed by atoms with van der Waals surface area (Å²) >= 11 is 0. The van der Waals surface area contributed by atoms with Gasteiger partial charge in [0.15, 0.2) is 0 Å². The van der Waals surface area contributed by atoms with Crippen molar-refractivity contribution in [3.8, 4) is 0 Å². The summed E-state index contributed by atoms with van der Waals surface area (Å²) in [4.78, 5) is 0. The van der Waals surface area contributed by atoms with Crippen molar-refractivity contribution in [1.82, 2.24) is 0 Å². The van der Waals surface area contributed by atoms with Crippen LogP contribution >= 0.6 is 0 Å². The predicted molar refractivity (Wildman–Crippen MR) is 48.3 cm³/mol. The van der Waals surface area contributed by atoms with Crippen LogP contribution in [0.3, 0.4) is 0 Å². The van der Waals surface area contributed by atoms with E-state index >= 15 is 0 Å². The van der Waals surface area contributed by atoms with Crippen molar-refractivity contribution in [3.63, 3.8) is 0 Å². The molecule has 2 aliphatic carbocycles. The van der Waals surface area contributed by atoms with Gasteiger partial charge in [-0.3, -0.25) is 0 Å². The van der Waals surface area contributed by atoms with E-state index in [4.69, 9.17) is 0 Å². The third-order valence-corrected chi connectivity index (χ3v) is 4.02. The molecule has 0 nitrogen and oxygen atoms in total. The molecule has 0 spiro atoms. The monoisotopic (exact) mass is 150 g/mol. The first-order chi connectivity index (χ1) is 5.20. The normalized spacial score (nSPS) is 49.8. The van der Waals surface area contributed by atoms with Gasteiger partial charge in [-0.2, -0.15) is 0 Å². The van der Waals surface area contributed by atoms with Crippen LogP contribution in [0.5, 0.6) is 0 Å². The highest BCUT2D eigenvalue weighted by Gasteiger charge is 2.42. The molecule has 0 N–H and O–H groups in total. The van der Waals surface area contributed by atoms with Crippen molar-refractivity contribution < 1.29 is 0 Å². The second kappa shape index (κ2) is 2.36. The molecular formula is C11H18. The van der Waals surface area contributed by atoms with Gasteiger partial charge in [0, 0.05) is 0 Å². The second-order valence-electron chi connectivity index (χ2n) is 4.53. The maximum atomic E-state index is 4.06. The van der Waals surface area contributed by atoms with Gasteiger partial charge >= 0.3 is 0 Å². The van der Waals surface area contributed by atoms with Crippen molar-refractivity contribution in [2.45, 2.75) is 33.1 Å². The fourth-order valence-corrected chi connectivity index (χ4v) is 2.66. The lowest BCUT2D eigenvalue weighted by Crippen LogP contribution is -2.40. The lowest BCUT2D eigenvalue weighted by atomic mass is 9.56. The highest BCUT2D eigenvalue weighted by Crippen LogP contribution is 2.52. The Morgan fingerprint density at radius 2 is 1.91 bits per heavy atom. The van der Waals surface area contributed by atoms with Crippen LogP contribution in [0.1, 0.15) is 33.1 Å². The van der Waals surface area contributed by atoms with Gasteiger partial charge in [-0.25, -0.2) is 0 Å². The van der Waals surface area contributed by atoms with Crippen molar-refractivity contribution in [1.29, 1.82) is 0 Å². The van der Waals surface area contributed by atoms with Crippen LogP contribution in [0.25, 0.3) is 0 Å². The SMILES string of the molecule is C=C1CC(C2CCC2C)C1C. The number of allylic oxidation sites excluding steroid dienone is 1. The van der Waals surface area contributed by atoms with Gasteiger partial charge in [0.1, 0.15) is 0 Å². The van der Waals surface area contributed by atoms with Crippen LogP contribution in [0.2, 0.25) is 0 Å². The molecule has 0 bridgehead atoms. The summed E-state index contributed by atoms with van der Waals surface area (Å²) in [5, 5.41) is 0. The minimum Gasteiger partial charge on any atom is -0.0996 e. The van der Waals surface area contributed by atoms with Gasteiger partial charge < -0.3 is 0 Å². The summed E-state index contributed by atoms with van der Waals surface area (Å²) < 4.78 is 0. The van der Waals surface area contributed by atoms with Gasteiger partial charge in [0.05, 0.1) is 0 Å². The smallest absolute Gasteiger partial charge is 0.0200 e. The van der Waals surface area contributed by atoms with E-state index in [9.17, 15) is 0 Å². The molecule has 2 rings (SSSR count). The van der Waals surface area contributed by atoms with Crippen LogP contribution in [0, 0.1) is 23.7 Å². The molecule has 2 saturated carbocycles. The standard InChI is InChI=1S/C11H18/c1-7-4-5-10(7)11-6-8(2)9(11)3/h7,9-11H,2,4-6H2,1,3H3. The number of rotatable bonds is 1. The van der Waals surface area contributed by atoms with Crippen LogP contribution in [-0.2, 0) is 0 Å². The number of hydrogen-bond donors (Lipinski definition) is 0. The average molecular weight is 150 g/mol. The van der Waals surface area contributed by atoms with Crippen LogP contribution in [-0.4, -0.2) is 0 Å². The van der Waals surface area contributed by atoms with Crippen molar-refractivity contribution in [2.75, 3.05) is 0 Å². The first-order valence-electron chi connectivity index (χ1n) is 4.88. The Morgan fingerprint density at radius 3 is 2.18 bits per heavy atom. The lowest BCUT2D eigenvalue weighted by molar-refractivity contribution is 0.0598. The Bertz CT molecular complexity index is 180. The number of hydrogen-bond acceptors (Lipinski definition) is 0. The van der Waals surface area contributed by atoms with Gasteiger partial charge in [-0.05, 0) is 36.5 Å². The molecule has 0 radical (unpaired) electrons. The Kier molecular flexibility index (Phi) is 1.59. The second-order valence-corrected chi connectivity index (χ2v) is 4.53. The van der Waals surface area contributed by atoms with E-state index in [0.717, 1.165) is 23.7 Å². The Morgan fingerprint density at radius 1 is 1.18 bits per heavy atom. The van der Waals surface area contributed by atoms with Crippen molar-refractivity contribution in [2.24, 2.45) is 23.7 Å². The van der Waals surface area contributed by atoms with E-state index in [1.54, 1.807) is 0 Å². The van der Waals surface area contributed by atoms with E-state index in [2.05, 4.69) is 20.4 Å². The molecule has 0 saturated heterocycles. The molecule has 0 amide bonds. The average Bonchev–Trinajstić information content (AvgIpc) is 2.00. The molecule has 2 fully saturated rings. The van der Waals surface area contributed by atoms with Crippen LogP contribution in [0.15, 0.2) is 12.2 Å². The minimum absolute atomic E-state index is 0.836. The Balaban J connectivity index is 1.93. The molecule has 11 heavy (non-hydrogen) atoms. The molecule has 0 aromatic rings. The summed E-state index contributed by atoms with van der Waals surface area (Å²) in [6.07, 6.45) is 4.29. The minimum atomic E-state index is 0.836. The molecule has 4 atom stereocenters. The molecular weight excluding hydrogens is 132 g/mol. The zero-order valence-electron chi connectivity index (χ0n) is 7.64. The maximum Gasteiger partial charge on any atom is -0.0200 e. The third kappa shape index (κ3) is 0.953. The maximum absolute atomic E-state index is 4.06. The van der Waals surface area contributed by atoms with E-state index in [1.807, 2.05) is 0 Å². The van der Waals surface area contributed by atoms with Crippen molar-refractivity contribution >= 4 is 0 Å². The zero-order valence-corrected chi connectivity index (χ0v) is 7.64. The Hall–Kier alpha value is -0.260. The zero-order chi connectivity index (χ0) is 8.01. The predicted octanol–water partition coefficient (Wildman–Crippen LogP) is 3.24. The molecule has 0 heterocycles. The summed E-state index contributed by atoms with van der Waals surface area (Å²) in [6, 6.07) is 0. The van der Waals surface area contributed by atoms with Crippen molar-refractivity contribution in [3.05, 3.63) is 12.2 Å². The first-order valence-corrected chi connectivity index (χ1v) is 4.88. The van der Waals surface area contributed by atoms with Gasteiger partial charge in [0.25, 0.3) is 0 Å². The van der Waals surface area contributed by atoms with E-state index < -0.39 is 0 Å². The van der Waals surface area contributed by atoms with Crippen LogP contribution < -0.4 is 0 Å². The molecule has 0 heteroatoms. The summed E-state index contributed by atoms with van der Waals surface area (Å²) in [6.45, 7) is 8.81. The first kappa shape index (κ1) is 7.39. The molecule has 0 aromatic heterocycles. The molecule has 0 aromatic carbocycles. The fraction of sp³-hybridized carbons (Fsp3) is 0.818. The van der Waals surface area contributed by atoms with E-state index in [1.165, 1.54) is 24.8 Å². The third-order valence-electron chi connectivity index (χ3n) is 4.02. The van der Waals surface area contributed by atoms with Crippen LogP contribution in [0.4, 0.5) is 0 Å². The highest BCUT2D eigenvalue weighted by atomic mass is 14.5. The van der Waals surface area contributed by atoms with Gasteiger partial charge in [-0.15, -0.1) is 0 Å². The summed E-state index contributed by atoms with van der Waals surface area (Å²) in [7, 11) is 0. The Labute approximate surface area is 69.7 Å². The van der Waals surface area contributed by atoms with E-state index in [0.29, 0.717) is 0 Å². The quantitative estimate of drug-likeness (QED) is 0.503. The van der Waals surface area contributed by atoms with Gasteiger partial charge in [0.2, 0.25) is 0 Å². The fourth-order valence-electron chi connectivity index (χ4n) is 2.66. The topological polar surface area (TPSA) is 0 Å². The summed E-state index contributed by atoms with van der Waals surface area (Å²) in [5.41, 5.74) is 1.49. The molecule has 62 valence electrons. The molecule has 4 unspecified atom stereocenters. The lowest BCUT2D eigenvalue weighted by Gasteiger charge is -2.49. The highest BCUT2D eigenvalue weighted by molar-refractivity contribution is 5.15. The largest absolute Gasteiger partial charge is 0.0996 e. The summed E-state index contributed by atoms with van der Waals surface area (Å²) in [5.74, 6) is 3.90. The molecule has 0 aliphatic heterocycles. The molecule has 2 aliphatic rings.